The van der Waals surface area contributed by atoms with E-state index in [4.69, 9.17) is 20.1 Å². The lowest BCUT2D eigenvalue weighted by atomic mass is 10.00. The summed E-state index contributed by atoms with van der Waals surface area (Å²) in [6.07, 6.45) is -0.985. The number of thiazole rings is 1. The van der Waals surface area contributed by atoms with Gasteiger partial charge in [-0.2, -0.15) is 0 Å². The molecule has 2 aliphatic heterocycles. The number of hydrogen-bond donors (Lipinski definition) is 7. The number of benzene rings is 1. The van der Waals surface area contributed by atoms with Crippen molar-refractivity contribution in [1.82, 2.24) is 26.0 Å². The number of carbonyl (C=O) groups excluding carboxylic acids is 4. The Morgan fingerprint density at radius 1 is 1.15 bits per heavy atom. The highest BCUT2D eigenvalue weighted by atomic mass is 32.2. The molecule has 1 aromatic heterocycles. The highest BCUT2D eigenvalue weighted by Gasteiger charge is 2.54. The number of ketones is 1. The van der Waals surface area contributed by atoms with Gasteiger partial charge in [0.25, 0.3) is 11.8 Å². The van der Waals surface area contributed by atoms with Crippen LogP contribution in [0.1, 0.15) is 31.5 Å². The molecule has 52 heavy (non-hydrogen) atoms. The molecule has 3 heterocycles. The van der Waals surface area contributed by atoms with Gasteiger partial charge in [0.2, 0.25) is 23.2 Å². The monoisotopic (exact) mass is 757 g/mol. The lowest BCUT2D eigenvalue weighted by molar-refractivity contribution is -0.161. The third-order valence-corrected chi connectivity index (χ3v) is 9.56. The maximum Gasteiger partial charge on any atom is 0.512 e. The van der Waals surface area contributed by atoms with Gasteiger partial charge in [0.1, 0.15) is 17.1 Å². The summed E-state index contributed by atoms with van der Waals surface area (Å²) in [5, 5.41) is 38.4. The summed E-state index contributed by atoms with van der Waals surface area (Å²) in [4.78, 5) is 90.8. The van der Waals surface area contributed by atoms with E-state index in [0.29, 0.717) is 0 Å². The largest absolute Gasteiger partial charge is 0.512 e. The average molecular weight is 758 g/mol. The molecule has 0 saturated carbocycles. The van der Waals surface area contributed by atoms with Crippen molar-refractivity contribution in [3.05, 3.63) is 81.5 Å². The predicted molar refractivity (Wildman–Crippen MR) is 182 cm³/mol. The third-order valence-electron chi connectivity index (χ3n) is 7.55. The molecule has 0 radical (unpaired) electrons. The van der Waals surface area contributed by atoms with Crippen molar-refractivity contribution in [2.45, 2.75) is 43.9 Å². The van der Waals surface area contributed by atoms with E-state index < -0.39 is 64.1 Å². The van der Waals surface area contributed by atoms with Gasteiger partial charge < -0.3 is 41.3 Å². The molecule has 8 N–H and O–H groups in total. The molecule has 0 spiro atoms. The first-order chi connectivity index (χ1) is 24.7. The number of aromatic nitrogens is 1. The van der Waals surface area contributed by atoms with Gasteiger partial charge in [0, 0.05) is 35.2 Å². The van der Waals surface area contributed by atoms with E-state index in [1.807, 2.05) is 30.3 Å². The minimum absolute atomic E-state index is 0.0332. The Morgan fingerprint density at radius 2 is 1.88 bits per heavy atom. The number of carbonyl (C=O) groups is 6. The third kappa shape index (κ3) is 8.33. The Morgan fingerprint density at radius 3 is 2.54 bits per heavy atom. The van der Waals surface area contributed by atoms with E-state index in [1.165, 1.54) is 19.2 Å². The van der Waals surface area contributed by atoms with E-state index in [1.54, 1.807) is 0 Å². The number of nitrogens with zero attached hydrogens (tertiary/aromatic N) is 3. The van der Waals surface area contributed by atoms with Crippen LogP contribution in [0, 0.1) is 0 Å². The molecule has 2 aromatic rings. The smallest absolute Gasteiger partial charge is 0.503 e. The number of oxime groups is 1. The fourth-order valence-electron chi connectivity index (χ4n) is 4.75. The van der Waals surface area contributed by atoms with E-state index in [9.17, 15) is 44.1 Å². The molecular formula is C31H31N7O12S2. The number of carboxylic acids is 1. The Hall–Kier alpha value is -5.93. The van der Waals surface area contributed by atoms with Crippen molar-refractivity contribution >= 4 is 69.6 Å². The minimum atomic E-state index is -1.83. The number of carboxylic acid groups (broad SMARTS) is 2. The number of fused-ring (bicyclic) bond motifs is 1. The van der Waals surface area contributed by atoms with Crippen LogP contribution in [0.25, 0.3) is 0 Å². The van der Waals surface area contributed by atoms with Crippen molar-refractivity contribution in [1.29, 1.82) is 0 Å². The molecule has 274 valence electrons. The van der Waals surface area contributed by atoms with Crippen molar-refractivity contribution in [2.75, 3.05) is 18.0 Å². The van der Waals surface area contributed by atoms with E-state index in [2.05, 4.69) is 26.3 Å². The van der Waals surface area contributed by atoms with Gasteiger partial charge in [-0.3, -0.25) is 34.4 Å². The first-order valence-corrected chi connectivity index (χ1v) is 17.0. The van der Waals surface area contributed by atoms with Crippen molar-refractivity contribution < 1.29 is 58.5 Å². The topological polar surface area (TPSA) is 281 Å². The van der Waals surface area contributed by atoms with Gasteiger partial charge in [0.15, 0.2) is 16.6 Å². The summed E-state index contributed by atoms with van der Waals surface area (Å²) in [6.45, 7) is 2.22. The molecule has 19 nitrogen and oxygen atoms in total. The molecule has 1 aromatic carbocycles. The normalized spacial score (nSPS) is 18.9. The molecule has 1 fully saturated rings. The molecular weight excluding hydrogens is 727 g/mol. The van der Waals surface area contributed by atoms with E-state index in [-0.39, 0.29) is 58.9 Å². The second-order valence-corrected chi connectivity index (χ2v) is 13.6. The number of rotatable bonds is 14. The Labute approximate surface area is 302 Å². The zero-order chi connectivity index (χ0) is 37.7. The zero-order valence-electron chi connectivity index (χ0n) is 27.3. The van der Waals surface area contributed by atoms with Crippen LogP contribution < -0.4 is 21.8 Å². The second kappa shape index (κ2) is 15.5. The first kappa shape index (κ1) is 37.3. The molecule has 1 aliphatic carbocycles. The SMILES string of the molecule is CC(C)(O/N=C(\C(=O)NC1C(=O)N2C(OC(=O)O)=C(CNC(=O)C3=CC(=O)C(O)=C(NOCc4ccccc4)C3)CS[C@@H]12)c1csc(N)n1)C(=O)O. The second-order valence-electron chi connectivity index (χ2n) is 11.7. The van der Waals surface area contributed by atoms with Crippen LogP contribution >= 0.6 is 23.1 Å². The number of aliphatic carboxylic acids is 1. The number of hydrogen-bond acceptors (Lipinski definition) is 16. The number of aliphatic hydroxyl groups is 1. The number of hydroxylamine groups is 1. The van der Waals surface area contributed by atoms with E-state index in [0.717, 1.165) is 39.6 Å². The first-order valence-electron chi connectivity index (χ1n) is 15.1. The Bertz CT molecular complexity index is 1940. The summed E-state index contributed by atoms with van der Waals surface area (Å²) in [7, 11) is 0. The molecule has 1 saturated heterocycles. The molecule has 0 bridgehead atoms. The number of anilines is 1. The van der Waals surface area contributed by atoms with Gasteiger partial charge in [-0.05, 0) is 25.5 Å². The van der Waals surface area contributed by atoms with Gasteiger partial charge in [-0.15, -0.1) is 23.1 Å². The van der Waals surface area contributed by atoms with Gasteiger partial charge >= 0.3 is 12.1 Å². The molecule has 3 amide bonds. The minimum Gasteiger partial charge on any atom is -0.503 e. The van der Waals surface area contributed by atoms with Crippen molar-refractivity contribution in [2.24, 2.45) is 5.16 Å². The highest BCUT2D eigenvalue weighted by molar-refractivity contribution is 8.00. The van der Waals surface area contributed by atoms with Crippen LogP contribution in [-0.2, 0) is 45.0 Å². The molecule has 1 unspecified atom stereocenters. The summed E-state index contributed by atoms with van der Waals surface area (Å²) < 4.78 is 4.95. The van der Waals surface area contributed by atoms with Crippen LogP contribution in [-0.4, -0.2) is 95.9 Å². The number of nitrogens with one attached hydrogen (secondary N) is 3. The summed E-state index contributed by atoms with van der Waals surface area (Å²) >= 11 is 2.10. The number of nitrogen functional groups attached to an aromatic ring is 1. The van der Waals surface area contributed by atoms with Gasteiger partial charge in [-0.1, -0.05) is 35.5 Å². The number of aliphatic hydroxyl groups excluding tert-OH is 1. The van der Waals surface area contributed by atoms with Crippen LogP contribution in [0.4, 0.5) is 9.93 Å². The van der Waals surface area contributed by atoms with Gasteiger partial charge in [-0.25, -0.2) is 14.6 Å². The fourth-order valence-corrected chi connectivity index (χ4v) is 6.62. The Balaban J connectivity index is 1.25. The lowest BCUT2D eigenvalue weighted by Gasteiger charge is -2.49. The molecule has 2 atom stereocenters. The van der Waals surface area contributed by atoms with Crippen LogP contribution in [0.3, 0.4) is 0 Å². The summed E-state index contributed by atoms with van der Waals surface area (Å²) in [6, 6.07) is 7.86. The summed E-state index contributed by atoms with van der Waals surface area (Å²) in [5.41, 5.74) is 6.81. The van der Waals surface area contributed by atoms with E-state index >= 15 is 0 Å². The van der Waals surface area contributed by atoms with Gasteiger partial charge in [0.05, 0.1) is 12.3 Å². The van der Waals surface area contributed by atoms with Crippen LogP contribution in [0.2, 0.25) is 0 Å². The maximum absolute atomic E-state index is 13.3. The number of nitrogens with two attached hydrogens (primary N) is 1. The zero-order valence-corrected chi connectivity index (χ0v) is 28.9. The van der Waals surface area contributed by atoms with Crippen molar-refractivity contribution in [3.8, 4) is 0 Å². The quantitative estimate of drug-likeness (QED) is 0.0615. The predicted octanol–water partition coefficient (Wildman–Crippen LogP) is 1.12. The summed E-state index contributed by atoms with van der Waals surface area (Å²) in [5.74, 6) is -5.60. The molecule has 3 aliphatic rings. The highest BCUT2D eigenvalue weighted by Crippen LogP contribution is 2.40. The molecule has 5 rings (SSSR count). The average Bonchev–Trinajstić information content (AvgIpc) is 3.53. The number of ether oxygens (including phenoxy) is 1. The van der Waals surface area contributed by atoms with Crippen molar-refractivity contribution in [3.63, 3.8) is 0 Å². The number of thioether (sulfide) groups is 1. The lowest BCUT2D eigenvalue weighted by Crippen LogP contribution is -2.70. The number of β-lactam (4-membered cyclic amide) rings is 1. The Kier molecular flexibility index (Phi) is 11.2. The fraction of sp³-hybridized carbons (Fsp3) is 0.290. The number of amides is 3. The van der Waals surface area contributed by atoms with Crippen LogP contribution in [0.15, 0.2) is 75.4 Å². The van der Waals surface area contributed by atoms with Crippen LogP contribution in [0.5, 0.6) is 0 Å². The number of allylic oxidation sites excluding steroid dienone is 2. The molecule has 21 heteroatoms. The maximum atomic E-state index is 13.3. The standard InChI is InChI=1S/C31H31N7O12S2/c1-31(2,28(44)45)50-37-20(18-13-52-29(32)34-18)24(42)35-21-25(43)38-26(49-30(46)47)16(12-51-27(21)38)10-33-23(41)15-8-17(22(40)19(39)9-15)36-48-11-14-6-4-3-5-7-14/h3-7,9,13,21,27,36,40H,8,10-12H2,1-2H3,(H2,32,34)(H,33,41)(H,35,42)(H,44,45)(H,46,47)/b37-20-/t21?,27-/m0/s1.